The van der Waals surface area contributed by atoms with E-state index in [-0.39, 0.29) is 46.9 Å². The first kappa shape index (κ1) is 34.5. The Labute approximate surface area is 245 Å². The van der Waals surface area contributed by atoms with E-state index in [4.69, 9.17) is 4.74 Å². The molecule has 0 spiro atoms. The monoisotopic (exact) mass is 576 g/mol. The number of imide groups is 1. The molecular formula is C31H52N4O6. The van der Waals surface area contributed by atoms with Gasteiger partial charge in [0.15, 0.2) is 0 Å². The Kier molecular flexibility index (Phi) is 12.5. The molecule has 0 aromatic rings. The zero-order valence-corrected chi connectivity index (χ0v) is 26.2. The van der Waals surface area contributed by atoms with E-state index in [2.05, 4.69) is 16.0 Å². The van der Waals surface area contributed by atoms with Crippen molar-refractivity contribution in [3.05, 3.63) is 12.2 Å². The second-order valence-corrected chi connectivity index (χ2v) is 14.3. The molecule has 1 fully saturated rings. The molecule has 1 aliphatic heterocycles. The van der Waals surface area contributed by atoms with Gasteiger partial charge in [-0.3, -0.25) is 28.9 Å². The third-order valence-corrected chi connectivity index (χ3v) is 7.64. The molecule has 2 rings (SSSR count). The van der Waals surface area contributed by atoms with Crippen LogP contribution in [-0.2, 0) is 28.7 Å². The highest BCUT2D eigenvalue weighted by molar-refractivity contribution is 6.13. The highest BCUT2D eigenvalue weighted by Gasteiger charge is 2.28. The Bertz CT molecular complexity index is 956. The third kappa shape index (κ3) is 12.8. The average Bonchev–Trinajstić information content (AvgIpc) is 3.19. The van der Waals surface area contributed by atoms with Crippen molar-refractivity contribution in [2.45, 2.75) is 87.0 Å². The van der Waals surface area contributed by atoms with Gasteiger partial charge < -0.3 is 20.7 Å². The number of hydrogen-bond donors (Lipinski definition) is 3. The molecule has 10 heteroatoms. The van der Waals surface area contributed by atoms with Gasteiger partial charge >= 0.3 is 0 Å². The van der Waals surface area contributed by atoms with Crippen LogP contribution in [0.25, 0.3) is 0 Å². The molecule has 0 atom stereocenters. The van der Waals surface area contributed by atoms with Crippen LogP contribution >= 0.6 is 0 Å². The molecule has 0 saturated heterocycles. The lowest BCUT2D eigenvalue weighted by Gasteiger charge is -2.31. The molecule has 0 radical (unpaired) electrons. The number of rotatable bonds is 15. The summed E-state index contributed by atoms with van der Waals surface area (Å²) in [6, 6.07) is 0. The van der Waals surface area contributed by atoms with Gasteiger partial charge in [0.1, 0.15) is 0 Å². The summed E-state index contributed by atoms with van der Waals surface area (Å²) in [7, 11) is 0. The largest absolute Gasteiger partial charge is 0.380 e. The van der Waals surface area contributed by atoms with Gasteiger partial charge in [-0.25, -0.2) is 0 Å². The smallest absolute Gasteiger partial charge is 0.253 e. The molecule has 10 nitrogen and oxygen atoms in total. The van der Waals surface area contributed by atoms with Gasteiger partial charge in [-0.15, -0.1) is 0 Å². The van der Waals surface area contributed by atoms with Gasteiger partial charge in [-0.05, 0) is 42.9 Å². The van der Waals surface area contributed by atoms with Gasteiger partial charge in [0, 0.05) is 62.0 Å². The molecule has 3 N–H and O–H groups in total. The fourth-order valence-electron chi connectivity index (χ4n) is 4.89. The van der Waals surface area contributed by atoms with Crippen molar-refractivity contribution in [1.82, 2.24) is 20.9 Å². The van der Waals surface area contributed by atoms with Crippen LogP contribution in [0.4, 0.5) is 0 Å². The van der Waals surface area contributed by atoms with Gasteiger partial charge in [0.25, 0.3) is 11.8 Å². The number of nitrogens with one attached hydrogen (secondary N) is 3. The van der Waals surface area contributed by atoms with Gasteiger partial charge in [0.2, 0.25) is 17.7 Å². The van der Waals surface area contributed by atoms with Crippen molar-refractivity contribution in [3.63, 3.8) is 0 Å². The molecule has 2 aliphatic rings. The molecular weight excluding hydrogens is 524 g/mol. The third-order valence-electron chi connectivity index (χ3n) is 7.64. The summed E-state index contributed by atoms with van der Waals surface area (Å²) in [6.07, 6.45) is 7.07. The van der Waals surface area contributed by atoms with E-state index in [1.165, 1.54) is 12.2 Å². The predicted octanol–water partition coefficient (Wildman–Crippen LogP) is 2.96. The van der Waals surface area contributed by atoms with Crippen LogP contribution in [0, 0.1) is 28.1 Å². The number of nitrogens with zero attached hydrogens (tertiary/aromatic N) is 1. The number of hydrogen-bond acceptors (Lipinski definition) is 6. The summed E-state index contributed by atoms with van der Waals surface area (Å²) in [5.74, 6) is 0.0695. The molecule has 41 heavy (non-hydrogen) atoms. The maximum absolute atomic E-state index is 12.7. The van der Waals surface area contributed by atoms with E-state index < -0.39 is 11.8 Å². The topological polar surface area (TPSA) is 134 Å². The van der Waals surface area contributed by atoms with E-state index in [0.29, 0.717) is 44.6 Å². The fraction of sp³-hybridized carbons (Fsp3) is 0.774. The van der Waals surface area contributed by atoms with Crippen molar-refractivity contribution in [3.8, 4) is 0 Å². The number of carbonyl (C=O) groups excluding carboxylic acids is 5. The van der Waals surface area contributed by atoms with E-state index in [1.807, 2.05) is 48.5 Å². The van der Waals surface area contributed by atoms with Crippen LogP contribution in [0.15, 0.2) is 12.2 Å². The number of amides is 5. The maximum Gasteiger partial charge on any atom is 0.253 e. The highest BCUT2D eigenvalue weighted by Crippen LogP contribution is 2.29. The Morgan fingerprint density at radius 3 is 1.83 bits per heavy atom. The van der Waals surface area contributed by atoms with Crippen LogP contribution in [0.3, 0.4) is 0 Å². The minimum absolute atomic E-state index is 0.0230. The standard InChI is InChI=1S/C31H52N4O6/c1-29(2,3)28(40)33-18-23-10-8-22(9-11-23)17-32-25(37)16-30(4,5)20-41-21-31(6,7)19-34-24(36)14-15-35-26(38)12-13-27(35)39/h12-13,22-23H,8-11,14-21H2,1-7H3,(H,32,37)(H,33,40)(H,34,36). The van der Waals surface area contributed by atoms with Crippen LogP contribution in [0.5, 0.6) is 0 Å². The van der Waals surface area contributed by atoms with Crippen LogP contribution in [-0.4, -0.2) is 73.8 Å². The zero-order chi connectivity index (χ0) is 30.8. The van der Waals surface area contributed by atoms with Crippen molar-refractivity contribution < 1.29 is 28.7 Å². The first-order valence-corrected chi connectivity index (χ1v) is 14.9. The van der Waals surface area contributed by atoms with Gasteiger partial charge in [0.05, 0.1) is 13.2 Å². The molecule has 232 valence electrons. The van der Waals surface area contributed by atoms with Crippen molar-refractivity contribution in [2.24, 2.45) is 28.1 Å². The van der Waals surface area contributed by atoms with Gasteiger partial charge in [-0.2, -0.15) is 0 Å². The van der Waals surface area contributed by atoms with E-state index in [9.17, 15) is 24.0 Å². The molecule has 0 aromatic heterocycles. The summed E-state index contributed by atoms with van der Waals surface area (Å²) in [6.45, 7) is 16.4. The Balaban J connectivity index is 1.59. The number of carbonyl (C=O) groups is 5. The number of ether oxygens (including phenoxy) is 1. The first-order chi connectivity index (χ1) is 19.0. The first-order valence-electron chi connectivity index (χ1n) is 14.9. The molecule has 0 bridgehead atoms. The van der Waals surface area contributed by atoms with Gasteiger partial charge in [-0.1, -0.05) is 48.5 Å². The van der Waals surface area contributed by atoms with E-state index in [1.54, 1.807) is 0 Å². The quantitative estimate of drug-likeness (QED) is 0.257. The molecule has 1 heterocycles. The summed E-state index contributed by atoms with van der Waals surface area (Å²) < 4.78 is 5.97. The average molecular weight is 577 g/mol. The summed E-state index contributed by atoms with van der Waals surface area (Å²) in [4.78, 5) is 61.2. The lowest BCUT2D eigenvalue weighted by molar-refractivity contribution is -0.137. The van der Waals surface area contributed by atoms with Crippen molar-refractivity contribution >= 4 is 29.5 Å². The summed E-state index contributed by atoms with van der Waals surface area (Å²) >= 11 is 0. The molecule has 1 aliphatic carbocycles. The molecule has 0 aromatic carbocycles. The molecule has 5 amide bonds. The summed E-state index contributed by atoms with van der Waals surface area (Å²) in [5.41, 5.74) is -1.04. The lowest BCUT2D eigenvalue weighted by Crippen LogP contribution is -2.40. The lowest BCUT2D eigenvalue weighted by atomic mass is 9.81. The Morgan fingerprint density at radius 1 is 0.780 bits per heavy atom. The summed E-state index contributed by atoms with van der Waals surface area (Å²) in [5, 5.41) is 9.04. The fourth-order valence-corrected chi connectivity index (χ4v) is 4.89. The second-order valence-electron chi connectivity index (χ2n) is 14.3. The normalized spacial score (nSPS) is 19.8. The Morgan fingerprint density at radius 2 is 1.29 bits per heavy atom. The van der Waals surface area contributed by atoms with Crippen molar-refractivity contribution in [2.75, 3.05) is 39.4 Å². The van der Waals surface area contributed by atoms with Crippen LogP contribution in [0.1, 0.15) is 87.0 Å². The SMILES string of the molecule is CC(C)(CNC(=O)CCN1C(=O)C=CC1=O)COCC(C)(C)CC(=O)NCC1CCC(CNC(=O)C(C)(C)C)CC1. The van der Waals surface area contributed by atoms with E-state index in [0.717, 1.165) is 37.1 Å². The minimum Gasteiger partial charge on any atom is -0.380 e. The van der Waals surface area contributed by atoms with Crippen LogP contribution in [0.2, 0.25) is 0 Å². The molecule has 1 saturated carbocycles. The minimum atomic E-state index is -0.394. The highest BCUT2D eigenvalue weighted by atomic mass is 16.5. The Hall–Kier alpha value is -2.75. The second kappa shape index (κ2) is 14.9. The van der Waals surface area contributed by atoms with Crippen molar-refractivity contribution in [1.29, 1.82) is 0 Å². The van der Waals surface area contributed by atoms with Crippen LogP contribution < -0.4 is 16.0 Å². The predicted molar refractivity (Wildman–Crippen MR) is 157 cm³/mol. The maximum atomic E-state index is 12.7. The molecule has 0 unspecified atom stereocenters. The van der Waals surface area contributed by atoms with E-state index >= 15 is 0 Å². The zero-order valence-electron chi connectivity index (χ0n) is 26.2.